The molecule has 0 unspecified atom stereocenters. The summed E-state index contributed by atoms with van der Waals surface area (Å²) in [6.45, 7) is 4.08. The van der Waals surface area contributed by atoms with E-state index in [0.29, 0.717) is 18.1 Å². The van der Waals surface area contributed by atoms with Gasteiger partial charge < -0.3 is 10.6 Å². The van der Waals surface area contributed by atoms with Gasteiger partial charge in [-0.15, -0.1) is 10.2 Å². The minimum atomic E-state index is -0.0274. The zero-order chi connectivity index (χ0) is 15.9. The highest BCUT2D eigenvalue weighted by atomic mass is 79.9. The number of hydrogen-bond acceptors (Lipinski definition) is 4. The maximum Gasteiger partial charge on any atom is 0.225 e. The molecule has 1 aromatic heterocycles. The standard InChI is InChI=1S/C16H19BrN4O/c1-3-4-5-16(22)19-15-9-8-14(20-21-15)18-12-6-7-13(17)11(2)10-12/h6-10H,3-5H2,1-2H3,(H,18,20)(H,19,21,22). The minimum Gasteiger partial charge on any atom is -0.339 e. The fourth-order valence-electron chi connectivity index (χ4n) is 1.88. The Bertz CT molecular complexity index is 643. The van der Waals surface area contributed by atoms with Crippen molar-refractivity contribution in [1.82, 2.24) is 10.2 Å². The van der Waals surface area contributed by atoms with E-state index in [1.54, 1.807) is 12.1 Å². The highest BCUT2D eigenvalue weighted by Gasteiger charge is 2.04. The molecule has 6 heteroatoms. The van der Waals surface area contributed by atoms with Gasteiger partial charge in [0.15, 0.2) is 11.6 Å². The van der Waals surface area contributed by atoms with Gasteiger partial charge in [0, 0.05) is 16.6 Å². The number of nitrogens with zero attached hydrogens (tertiary/aromatic N) is 2. The monoisotopic (exact) mass is 362 g/mol. The minimum absolute atomic E-state index is 0.0274. The van der Waals surface area contributed by atoms with Gasteiger partial charge >= 0.3 is 0 Å². The second-order valence-electron chi connectivity index (χ2n) is 5.04. The SMILES string of the molecule is CCCCC(=O)Nc1ccc(Nc2ccc(Br)c(C)c2)nn1. The Morgan fingerprint density at radius 1 is 1.18 bits per heavy atom. The smallest absolute Gasteiger partial charge is 0.225 e. The highest BCUT2D eigenvalue weighted by Crippen LogP contribution is 2.22. The topological polar surface area (TPSA) is 66.9 Å². The fourth-order valence-corrected chi connectivity index (χ4v) is 2.13. The van der Waals surface area contributed by atoms with Gasteiger partial charge in [-0.2, -0.15) is 0 Å². The van der Waals surface area contributed by atoms with Gasteiger partial charge in [-0.25, -0.2) is 0 Å². The Morgan fingerprint density at radius 3 is 2.55 bits per heavy atom. The van der Waals surface area contributed by atoms with Crippen molar-refractivity contribution in [1.29, 1.82) is 0 Å². The number of nitrogens with one attached hydrogen (secondary N) is 2. The number of aromatic nitrogens is 2. The van der Waals surface area contributed by atoms with E-state index in [-0.39, 0.29) is 5.91 Å². The predicted molar refractivity (Wildman–Crippen MR) is 92.3 cm³/mol. The number of amides is 1. The van der Waals surface area contributed by atoms with Crippen LogP contribution in [0.15, 0.2) is 34.8 Å². The summed E-state index contributed by atoms with van der Waals surface area (Å²) in [5, 5.41) is 14.0. The molecule has 1 amide bonds. The van der Waals surface area contributed by atoms with Crippen LogP contribution in [-0.4, -0.2) is 16.1 Å². The molecule has 1 aromatic carbocycles. The van der Waals surface area contributed by atoms with Gasteiger partial charge in [-0.3, -0.25) is 4.79 Å². The Balaban J connectivity index is 1.96. The van der Waals surface area contributed by atoms with Crippen molar-refractivity contribution in [2.45, 2.75) is 33.1 Å². The van der Waals surface area contributed by atoms with Gasteiger partial charge in [0.05, 0.1) is 0 Å². The molecule has 2 aromatic rings. The van der Waals surface area contributed by atoms with Crippen LogP contribution >= 0.6 is 15.9 Å². The molecule has 0 spiro atoms. The summed E-state index contributed by atoms with van der Waals surface area (Å²) >= 11 is 3.47. The third-order valence-electron chi connectivity index (χ3n) is 3.12. The largest absolute Gasteiger partial charge is 0.339 e. The van der Waals surface area contributed by atoms with E-state index in [9.17, 15) is 4.79 Å². The lowest BCUT2D eigenvalue weighted by Gasteiger charge is -2.08. The normalized spacial score (nSPS) is 10.3. The third kappa shape index (κ3) is 4.80. The molecule has 0 saturated carbocycles. The van der Waals surface area contributed by atoms with Crippen LogP contribution in [0.5, 0.6) is 0 Å². The molecule has 1 heterocycles. The number of hydrogen-bond donors (Lipinski definition) is 2. The Hall–Kier alpha value is -1.95. The van der Waals surface area contributed by atoms with Crippen molar-refractivity contribution in [3.63, 3.8) is 0 Å². The summed E-state index contributed by atoms with van der Waals surface area (Å²) in [4.78, 5) is 11.6. The molecule has 0 aliphatic heterocycles. The molecule has 2 N–H and O–H groups in total. The Morgan fingerprint density at radius 2 is 1.91 bits per heavy atom. The van der Waals surface area contributed by atoms with Crippen molar-refractivity contribution >= 4 is 39.2 Å². The molecule has 5 nitrogen and oxygen atoms in total. The third-order valence-corrected chi connectivity index (χ3v) is 4.01. The molecule has 0 fully saturated rings. The molecule has 0 atom stereocenters. The highest BCUT2D eigenvalue weighted by molar-refractivity contribution is 9.10. The van der Waals surface area contributed by atoms with Crippen LogP contribution in [0.2, 0.25) is 0 Å². The van der Waals surface area contributed by atoms with Crippen LogP contribution in [-0.2, 0) is 4.79 Å². The number of benzene rings is 1. The van der Waals surface area contributed by atoms with Gasteiger partial charge in [0.25, 0.3) is 0 Å². The second kappa shape index (κ2) is 7.89. The lowest BCUT2D eigenvalue weighted by Crippen LogP contribution is -2.12. The summed E-state index contributed by atoms with van der Waals surface area (Å²) in [5.41, 5.74) is 2.08. The average Bonchev–Trinajstić information content (AvgIpc) is 2.51. The van der Waals surface area contributed by atoms with Crippen LogP contribution in [0, 0.1) is 6.92 Å². The Labute approximate surface area is 138 Å². The van der Waals surface area contributed by atoms with E-state index >= 15 is 0 Å². The van der Waals surface area contributed by atoms with Gasteiger partial charge in [-0.1, -0.05) is 29.3 Å². The van der Waals surface area contributed by atoms with Crippen LogP contribution in [0.1, 0.15) is 31.7 Å². The van der Waals surface area contributed by atoms with Crippen molar-refractivity contribution in [2.75, 3.05) is 10.6 Å². The molecule has 0 bridgehead atoms. The van der Waals surface area contributed by atoms with Crippen molar-refractivity contribution in [3.8, 4) is 0 Å². The van der Waals surface area contributed by atoms with E-state index in [2.05, 4.69) is 43.7 Å². The first kappa shape index (κ1) is 16.4. The maximum absolute atomic E-state index is 11.6. The van der Waals surface area contributed by atoms with Gasteiger partial charge in [0.2, 0.25) is 5.91 Å². The lowest BCUT2D eigenvalue weighted by atomic mass is 10.2. The first-order chi connectivity index (χ1) is 10.6. The van der Waals surface area contributed by atoms with Gasteiger partial charge in [-0.05, 0) is 49.2 Å². The van der Waals surface area contributed by atoms with E-state index < -0.39 is 0 Å². The number of carbonyl (C=O) groups is 1. The average molecular weight is 363 g/mol. The molecule has 0 aliphatic carbocycles. The fraction of sp³-hybridized carbons (Fsp3) is 0.312. The number of halogens is 1. The van der Waals surface area contributed by atoms with Gasteiger partial charge in [0.1, 0.15) is 0 Å². The van der Waals surface area contributed by atoms with E-state index in [4.69, 9.17) is 0 Å². The van der Waals surface area contributed by atoms with Crippen molar-refractivity contribution in [2.24, 2.45) is 0 Å². The summed E-state index contributed by atoms with van der Waals surface area (Å²) in [6.07, 6.45) is 2.38. The summed E-state index contributed by atoms with van der Waals surface area (Å²) < 4.78 is 1.06. The molecule has 2 rings (SSSR count). The molecular formula is C16H19BrN4O. The van der Waals surface area contributed by atoms with E-state index in [0.717, 1.165) is 28.6 Å². The Kier molecular flexibility index (Phi) is 5.89. The van der Waals surface area contributed by atoms with Crippen molar-refractivity contribution < 1.29 is 4.79 Å². The van der Waals surface area contributed by atoms with Crippen LogP contribution in [0.25, 0.3) is 0 Å². The number of unbranched alkanes of at least 4 members (excludes halogenated alkanes) is 1. The zero-order valence-corrected chi connectivity index (χ0v) is 14.3. The maximum atomic E-state index is 11.6. The molecule has 116 valence electrons. The second-order valence-corrected chi connectivity index (χ2v) is 5.90. The summed E-state index contributed by atoms with van der Waals surface area (Å²) in [7, 11) is 0. The lowest BCUT2D eigenvalue weighted by molar-refractivity contribution is -0.116. The molecular weight excluding hydrogens is 344 g/mol. The van der Waals surface area contributed by atoms with Crippen LogP contribution in [0.4, 0.5) is 17.3 Å². The first-order valence-corrected chi connectivity index (χ1v) is 8.04. The molecule has 0 aliphatic rings. The van der Waals surface area contributed by atoms with Crippen LogP contribution in [0.3, 0.4) is 0 Å². The van der Waals surface area contributed by atoms with Crippen molar-refractivity contribution in [3.05, 3.63) is 40.4 Å². The predicted octanol–water partition coefficient (Wildman–Crippen LogP) is 4.42. The number of anilines is 3. The number of rotatable bonds is 6. The zero-order valence-electron chi connectivity index (χ0n) is 12.7. The summed E-state index contributed by atoms with van der Waals surface area (Å²) in [6, 6.07) is 9.49. The number of aryl methyl sites for hydroxylation is 1. The van der Waals surface area contributed by atoms with Crippen LogP contribution < -0.4 is 10.6 Å². The molecule has 22 heavy (non-hydrogen) atoms. The quantitative estimate of drug-likeness (QED) is 0.797. The summed E-state index contributed by atoms with van der Waals surface area (Å²) in [5.74, 6) is 1.08. The first-order valence-electron chi connectivity index (χ1n) is 7.25. The van der Waals surface area contributed by atoms with E-state index in [1.165, 1.54) is 0 Å². The van der Waals surface area contributed by atoms with E-state index in [1.807, 2.05) is 25.1 Å². The number of carbonyl (C=O) groups excluding carboxylic acids is 1. The molecule has 0 radical (unpaired) electrons. The molecule has 0 saturated heterocycles.